The average Bonchev–Trinajstić information content (AvgIpc) is 2.57. The fourth-order valence-corrected chi connectivity index (χ4v) is 2.06. The first kappa shape index (κ1) is 9.59. The maximum atomic E-state index is 13.0. The molecule has 3 heteroatoms. The molecule has 0 aliphatic carbocycles. The number of rotatable bonds is 1. The third-order valence-corrected chi connectivity index (χ3v) is 2.90. The number of benzene rings is 1. The molecule has 76 valence electrons. The zero-order valence-electron chi connectivity index (χ0n) is 8.06. The number of hydrogen-bond acceptors (Lipinski definition) is 1. The van der Waals surface area contributed by atoms with Gasteiger partial charge in [0.1, 0.15) is 0 Å². The smallest absolute Gasteiger partial charge is 0.159 e. The molecule has 1 N–H and O–H groups in total. The molecule has 1 fully saturated rings. The molecule has 1 nitrogen and oxygen atoms in total. The standard InChI is InChI=1S/C11H13F2N/c1-7-9(4-5-14-7)8-2-3-10(12)11(13)6-8/h2-3,6-7,9,14H,4-5H2,1H3. The molecule has 2 atom stereocenters. The topological polar surface area (TPSA) is 12.0 Å². The van der Waals surface area contributed by atoms with E-state index in [1.165, 1.54) is 12.1 Å². The summed E-state index contributed by atoms with van der Waals surface area (Å²) in [7, 11) is 0. The first-order valence-electron chi connectivity index (χ1n) is 4.87. The van der Waals surface area contributed by atoms with Crippen LogP contribution in [-0.2, 0) is 0 Å². The van der Waals surface area contributed by atoms with E-state index >= 15 is 0 Å². The Balaban J connectivity index is 2.28. The highest BCUT2D eigenvalue weighted by molar-refractivity contribution is 5.24. The van der Waals surface area contributed by atoms with E-state index in [1.54, 1.807) is 6.07 Å². The Labute approximate surface area is 82.1 Å². The summed E-state index contributed by atoms with van der Waals surface area (Å²) in [6, 6.07) is 4.53. The Morgan fingerprint density at radius 1 is 1.29 bits per heavy atom. The van der Waals surface area contributed by atoms with Gasteiger partial charge < -0.3 is 5.32 Å². The Bertz CT molecular complexity index is 338. The molecule has 0 aromatic heterocycles. The predicted molar refractivity (Wildman–Crippen MR) is 51.2 cm³/mol. The van der Waals surface area contributed by atoms with Crippen molar-refractivity contribution >= 4 is 0 Å². The van der Waals surface area contributed by atoms with E-state index in [0.29, 0.717) is 12.0 Å². The molecule has 1 aromatic carbocycles. The molecular weight excluding hydrogens is 184 g/mol. The van der Waals surface area contributed by atoms with Crippen molar-refractivity contribution in [1.82, 2.24) is 5.32 Å². The highest BCUT2D eigenvalue weighted by Gasteiger charge is 2.24. The van der Waals surface area contributed by atoms with E-state index in [0.717, 1.165) is 18.5 Å². The van der Waals surface area contributed by atoms with E-state index in [2.05, 4.69) is 12.2 Å². The van der Waals surface area contributed by atoms with E-state index in [4.69, 9.17) is 0 Å². The average molecular weight is 197 g/mol. The van der Waals surface area contributed by atoms with E-state index in [-0.39, 0.29) is 0 Å². The summed E-state index contributed by atoms with van der Waals surface area (Å²) in [5.74, 6) is -1.21. The Morgan fingerprint density at radius 2 is 2.07 bits per heavy atom. The second-order valence-electron chi connectivity index (χ2n) is 3.81. The first-order valence-corrected chi connectivity index (χ1v) is 4.87. The fraction of sp³-hybridized carbons (Fsp3) is 0.455. The van der Waals surface area contributed by atoms with Gasteiger partial charge in [-0.2, -0.15) is 0 Å². The minimum atomic E-state index is -0.771. The number of hydrogen-bond donors (Lipinski definition) is 1. The van der Waals surface area contributed by atoms with Gasteiger partial charge in [0.05, 0.1) is 0 Å². The van der Waals surface area contributed by atoms with Crippen LogP contribution in [0.1, 0.15) is 24.8 Å². The largest absolute Gasteiger partial charge is 0.314 e. The zero-order valence-corrected chi connectivity index (χ0v) is 8.06. The first-order chi connectivity index (χ1) is 6.68. The van der Waals surface area contributed by atoms with Gasteiger partial charge in [-0.1, -0.05) is 6.07 Å². The SMILES string of the molecule is CC1NCCC1c1ccc(F)c(F)c1. The van der Waals surface area contributed by atoms with Crippen molar-refractivity contribution in [2.45, 2.75) is 25.3 Å². The van der Waals surface area contributed by atoms with Gasteiger partial charge in [0.15, 0.2) is 11.6 Å². The quantitative estimate of drug-likeness (QED) is 0.729. The van der Waals surface area contributed by atoms with Gasteiger partial charge in [-0.15, -0.1) is 0 Å². The number of halogens is 2. The van der Waals surface area contributed by atoms with E-state index < -0.39 is 11.6 Å². The van der Waals surface area contributed by atoms with Crippen LogP contribution < -0.4 is 5.32 Å². The van der Waals surface area contributed by atoms with Crippen LogP contribution in [-0.4, -0.2) is 12.6 Å². The molecule has 1 heterocycles. The monoisotopic (exact) mass is 197 g/mol. The van der Waals surface area contributed by atoms with Gasteiger partial charge in [-0.05, 0) is 37.6 Å². The third kappa shape index (κ3) is 1.64. The van der Waals surface area contributed by atoms with Crippen molar-refractivity contribution in [1.29, 1.82) is 0 Å². The lowest BCUT2D eigenvalue weighted by Gasteiger charge is -2.15. The van der Waals surface area contributed by atoms with Crippen molar-refractivity contribution in [3.05, 3.63) is 35.4 Å². The summed E-state index contributed by atoms with van der Waals surface area (Å²) >= 11 is 0. The third-order valence-electron chi connectivity index (χ3n) is 2.90. The van der Waals surface area contributed by atoms with Crippen molar-refractivity contribution in [2.75, 3.05) is 6.54 Å². The molecule has 1 aliphatic rings. The lowest BCUT2D eigenvalue weighted by molar-refractivity contribution is 0.502. The van der Waals surface area contributed by atoms with Crippen LogP contribution in [0.5, 0.6) is 0 Å². The van der Waals surface area contributed by atoms with Gasteiger partial charge in [-0.3, -0.25) is 0 Å². The molecule has 0 bridgehead atoms. The molecule has 2 unspecified atom stereocenters. The van der Waals surface area contributed by atoms with Crippen LogP contribution in [0.4, 0.5) is 8.78 Å². The van der Waals surface area contributed by atoms with Gasteiger partial charge in [0.2, 0.25) is 0 Å². The van der Waals surface area contributed by atoms with Crippen molar-refractivity contribution in [3.8, 4) is 0 Å². The van der Waals surface area contributed by atoms with Crippen LogP contribution >= 0.6 is 0 Å². The normalized spacial score (nSPS) is 26.8. The van der Waals surface area contributed by atoms with Gasteiger partial charge in [0, 0.05) is 12.0 Å². The molecule has 2 rings (SSSR count). The molecule has 0 spiro atoms. The van der Waals surface area contributed by atoms with Crippen LogP contribution in [0.2, 0.25) is 0 Å². The summed E-state index contributed by atoms with van der Waals surface area (Å²) in [4.78, 5) is 0. The van der Waals surface area contributed by atoms with Gasteiger partial charge in [-0.25, -0.2) is 8.78 Å². The Morgan fingerprint density at radius 3 is 2.64 bits per heavy atom. The molecule has 1 aliphatic heterocycles. The van der Waals surface area contributed by atoms with Crippen molar-refractivity contribution < 1.29 is 8.78 Å². The minimum Gasteiger partial charge on any atom is -0.314 e. The van der Waals surface area contributed by atoms with Gasteiger partial charge in [0.25, 0.3) is 0 Å². The van der Waals surface area contributed by atoms with Gasteiger partial charge >= 0.3 is 0 Å². The summed E-state index contributed by atoms with van der Waals surface area (Å²) in [6.07, 6.45) is 0.992. The summed E-state index contributed by atoms with van der Waals surface area (Å²) in [5, 5.41) is 3.29. The molecule has 1 aromatic rings. The zero-order chi connectivity index (χ0) is 10.1. The summed E-state index contributed by atoms with van der Waals surface area (Å²) < 4.78 is 25.7. The van der Waals surface area contributed by atoms with E-state index in [9.17, 15) is 8.78 Å². The molecule has 14 heavy (non-hydrogen) atoms. The molecule has 0 saturated carbocycles. The number of nitrogens with one attached hydrogen (secondary N) is 1. The Kier molecular flexibility index (Phi) is 2.50. The fourth-order valence-electron chi connectivity index (χ4n) is 2.06. The highest BCUT2D eigenvalue weighted by atomic mass is 19.2. The van der Waals surface area contributed by atoms with E-state index in [1.807, 2.05) is 0 Å². The Hall–Kier alpha value is -0.960. The lowest BCUT2D eigenvalue weighted by Crippen LogP contribution is -2.21. The molecule has 0 radical (unpaired) electrons. The van der Waals surface area contributed by atoms with Crippen LogP contribution in [0.15, 0.2) is 18.2 Å². The summed E-state index contributed by atoms with van der Waals surface area (Å²) in [6.45, 7) is 3.02. The molecule has 0 amide bonds. The highest BCUT2D eigenvalue weighted by Crippen LogP contribution is 2.28. The maximum absolute atomic E-state index is 13.0. The minimum absolute atomic E-state index is 0.310. The van der Waals surface area contributed by atoms with Crippen molar-refractivity contribution in [2.24, 2.45) is 0 Å². The summed E-state index contributed by atoms with van der Waals surface area (Å²) in [5.41, 5.74) is 0.890. The second-order valence-corrected chi connectivity index (χ2v) is 3.81. The van der Waals surface area contributed by atoms with Crippen molar-refractivity contribution in [3.63, 3.8) is 0 Å². The maximum Gasteiger partial charge on any atom is 0.159 e. The second kappa shape index (κ2) is 3.65. The van der Waals surface area contributed by atoms with Crippen LogP contribution in [0.25, 0.3) is 0 Å². The predicted octanol–water partition coefficient (Wildman–Crippen LogP) is 2.43. The van der Waals surface area contributed by atoms with Crippen LogP contribution in [0, 0.1) is 11.6 Å². The lowest BCUT2D eigenvalue weighted by atomic mass is 9.93. The van der Waals surface area contributed by atoms with Crippen LogP contribution in [0.3, 0.4) is 0 Å². The molecule has 1 saturated heterocycles. The molecular formula is C11H13F2N.